The van der Waals surface area contributed by atoms with E-state index in [0.717, 1.165) is 54.9 Å². The minimum atomic E-state index is -0.188. The molecule has 0 aliphatic carbocycles. The fourth-order valence-corrected chi connectivity index (χ4v) is 4.48. The first kappa shape index (κ1) is 19.6. The van der Waals surface area contributed by atoms with Crippen LogP contribution in [0.2, 0.25) is 0 Å². The third kappa shape index (κ3) is 4.27. The van der Waals surface area contributed by atoms with Crippen LogP contribution in [0.25, 0.3) is 10.9 Å². The number of pyridine rings is 1. The van der Waals surface area contributed by atoms with E-state index >= 15 is 0 Å². The van der Waals surface area contributed by atoms with Crippen molar-refractivity contribution in [2.45, 2.75) is 25.3 Å². The number of benzene rings is 1. The van der Waals surface area contributed by atoms with Crippen LogP contribution >= 0.6 is 0 Å². The van der Waals surface area contributed by atoms with Gasteiger partial charge in [-0.1, -0.05) is 6.07 Å². The van der Waals surface area contributed by atoms with Gasteiger partial charge in [0.05, 0.1) is 0 Å². The molecule has 7 heteroatoms. The van der Waals surface area contributed by atoms with Crippen molar-refractivity contribution in [1.29, 1.82) is 0 Å². The van der Waals surface area contributed by atoms with E-state index in [2.05, 4.69) is 37.0 Å². The number of nitrogens with one attached hydrogen (secondary N) is 1. The molecule has 4 heterocycles. The first-order valence-corrected chi connectivity index (χ1v) is 10.6. The second-order valence-electron chi connectivity index (χ2n) is 8.15. The summed E-state index contributed by atoms with van der Waals surface area (Å²) in [5.74, 6) is 1.47. The molecule has 0 amide bonds. The lowest BCUT2D eigenvalue weighted by atomic mass is 9.94. The molecule has 31 heavy (non-hydrogen) atoms. The number of halogens is 1. The van der Waals surface area contributed by atoms with Crippen molar-refractivity contribution in [1.82, 2.24) is 24.4 Å². The standard InChI is InChI=1S/C24H25FN6/c1-30-14-18(20-13-19(25)8-9-22(20)30)16-31-12-3-5-17(15-31)21-6-2-7-23(28-21)29-24-26-10-4-11-27-24/h2,4,6-11,13-14,17H,3,5,12,15-16H2,1H3,(H,26,27,28,29). The molecule has 4 aromatic rings. The second kappa shape index (κ2) is 8.43. The molecule has 5 rings (SSSR count). The number of likely N-dealkylation sites (tertiary alicyclic amines) is 1. The van der Waals surface area contributed by atoms with Crippen LogP contribution in [0.5, 0.6) is 0 Å². The monoisotopic (exact) mass is 416 g/mol. The van der Waals surface area contributed by atoms with Gasteiger partial charge in [-0.3, -0.25) is 4.90 Å². The Kier molecular flexibility index (Phi) is 5.34. The molecular formula is C24H25FN6. The molecule has 0 radical (unpaired) electrons. The highest BCUT2D eigenvalue weighted by Gasteiger charge is 2.23. The summed E-state index contributed by atoms with van der Waals surface area (Å²) in [6.45, 7) is 2.79. The maximum Gasteiger partial charge on any atom is 0.228 e. The summed E-state index contributed by atoms with van der Waals surface area (Å²) >= 11 is 0. The molecule has 1 aliphatic heterocycles. The van der Waals surface area contributed by atoms with Crippen molar-refractivity contribution in [3.05, 3.63) is 78.1 Å². The topological polar surface area (TPSA) is 58.9 Å². The number of aryl methyl sites for hydroxylation is 1. The second-order valence-corrected chi connectivity index (χ2v) is 8.15. The molecule has 1 fully saturated rings. The van der Waals surface area contributed by atoms with Crippen molar-refractivity contribution in [3.8, 4) is 0 Å². The zero-order chi connectivity index (χ0) is 21.2. The lowest BCUT2D eigenvalue weighted by molar-refractivity contribution is 0.199. The quantitative estimate of drug-likeness (QED) is 0.514. The van der Waals surface area contributed by atoms with E-state index in [1.54, 1.807) is 24.5 Å². The van der Waals surface area contributed by atoms with E-state index in [-0.39, 0.29) is 5.82 Å². The van der Waals surface area contributed by atoms with E-state index in [1.807, 2.05) is 25.2 Å². The minimum absolute atomic E-state index is 0.188. The van der Waals surface area contributed by atoms with Crippen molar-refractivity contribution < 1.29 is 4.39 Å². The molecule has 0 bridgehead atoms. The van der Waals surface area contributed by atoms with Gasteiger partial charge in [0.1, 0.15) is 11.6 Å². The Hall–Kier alpha value is -3.32. The molecule has 158 valence electrons. The number of hydrogen-bond donors (Lipinski definition) is 1. The van der Waals surface area contributed by atoms with Crippen LogP contribution in [0.1, 0.15) is 30.0 Å². The van der Waals surface area contributed by atoms with Gasteiger partial charge in [-0.25, -0.2) is 19.3 Å². The summed E-state index contributed by atoms with van der Waals surface area (Å²) in [4.78, 5) is 15.7. The molecule has 0 saturated carbocycles. The number of nitrogens with zero attached hydrogens (tertiary/aromatic N) is 5. The predicted octanol–water partition coefficient (Wildman–Crippen LogP) is 4.63. The highest BCUT2D eigenvalue weighted by molar-refractivity contribution is 5.84. The van der Waals surface area contributed by atoms with Crippen molar-refractivity contribution >= 4 is 22.7 Å². The normalized spacial score (nSPS) is 17.2. The molecule has 6 nitrogen and oxygen atoms in total. The number of piperidine rings is 1. The fourth-order valence-electron chi connectivity index (χ4n) is 4.48. The Morgan fingerprint density at radius 1 is 1.13 bits per heavy atom. The summed E-state index contributed by atoms with van der Waals surface area (Å²) in [5, 5.41) is 4.17. The molecule has 1 unspecified atom stereocenters. The van der Waals surface area contributed by atoms with Gasteiger partial charge in [-0.2, -0.15) is 0 Å². The molecule has 1 aromatic carbocycles. The summed E-state index contributed by atoms with van der Waals surface area (Å²) in [7, 11) is 2.02. The molecule has 0 spiro atoms. The van der Waals surface area contributed by atoms with Gasteiger partial charge < -0.3 is 9.88 Å². The number of rotatable bonds is 5. The summed E-state index contributed by atoms with van der Waals surface area (Å²) in [5.41, 5.74) is 3.31. The van der Waals surface area contributed by atoms with E-state index in [9.17, 15) is 4.39 Å². The van der Waals surface area contributed by atoms with Gasteiger partial charge in [-0.05, 0) is 61.3 Å². The molecule has 1 saturated heterocycles. The molecule has 1 N–H and O–H groups in total. The number of hydrogen-bond acceptors (Lipinski definition) is 5. The summed E-state index contributed by atoms with van der Waals surface area (Å²) in [6, 6.07) is 12.9. The van der Waals surface area contributed by atoms with Crippen LogP contribution in [-0.2, 0) is 13.6 Å². The summed E-state index contributed by atoms with van der Waals surface area (Å²) in [6.07, 6.45) is 7.76. The largest absolute Gasteiger partial charge is 0.350 e. The van der Waals surface area contributed by atoms with Crippen LogP contribution in [0.15, 0.2) is 61.1 Å². The van der Waals surface area contributed by atoms with Crippen LogP contribution in [0, 0.1) is 5.82 Å². The lowest BCUT2D eigenvalue weighted by Crippen LogP contribution is -2.34. The summed E-state index contributed by atoms with van der Waals surface area (Å²) < 4.78 is 15.9. The van der Waals surface area contributed by atoms with Gasteiger partial charge in [0.15, 0.2) is 0 Å². The molecule has 3 aromatic heterocycles. The SMILES string of the molecule is Cn1cc(CN2CCCC(c3cccc(Nc4ncccn4)n3)C2)c2cc(F)ccc21. The van der Waals surface area contributed by atoms with E-state index < -0.39 is 0 Å². The van der Waals surface area contributed by atoms with Gasteiger partial charge in [0.2, 0.25) is 5.95 Å². The highest BCUT2D eigenvalue weighted by Crippen LogP contribution is 2.29. The van der Waals surface area contributed by atoms with E-state index in [1.165, 1.54) is 11.6 Å². The first-order chi connectivity index (χ1) is 15.2. The van der Waals surface area contributed by atoms with Crippen LogP contribution in [0.3, 0.4) is 0 Å². The van der Waals surface area contributed by atoms with Gasteiger partial charge in [0, 0.05) is 61.2 Å². The Balaban J connectivity index is 1.32. The number of aromatic nitrogens is 4. The smallest absolute Gasteiger partial charge is 0.228 e. The Morgan fingerprint density at radius 2 is 2.00 bits per heavy atom. The predicted molar refractivity (Wildman–Crippen MR) is 120 cm³/mol. The Bertz CT molecular complexity index is 1190. The third-order valence-electron chi connectivity index (χ3n) is 5.93. The third-order valence-corrected chi connectivity index (χ3v) is 5.93. The van der Waals surface area contributed by atoms with Crippen LogP contribution in [0.4, 0.5) is 16.2 Å². The van der Waals surface area contributed by atoms with Gasteiger partial charge in [-0.15, -0.1) is 0 Å². The van der Waals surface area contributed by atoms with E-state index in [0.29, 0.717) is 11.9 Å². The fraction of sp³-hybridized carbons (Fsp3) is 0.292. The lowest BCUT2D eigenvalue weighted by Gasteiger charge is -2.32. The average Bonchev–Trinajstić information content (AvgIpc) is 3.09. The maximum absolute atomic E-state index is 13.8. The van der Waals surface area contributed by atoms with Crippen molar-refractivity contribution in [3.63, 3.8) is 0 Å². The Morgan fingerprint density at radius 3 is 2.87 bits per heavy atom. The van der Waals surface area contributed by atoms with Crippen LogP contribution in [-0.4, -0.2) is 37.5 Å². The number of fused-ring (bicyclic) bond motifs is 1. The maximum atomic E-state index is 13.8. The van der Waals surface area contributed by atoms with Crippen LogP contribution < -0.4 is 5.32 Å². The van der Waals surface area contributed by atoms with Crippen molar-refractivity contribution in [2.24, 2.45) is 7.05 Å². The molecule has 1 aliphatic rings. The minimum Gasteiger partial charge on any atom is -0.350 e. The zero-order valence-electron chi connectivity index (χ0n) is 17.5. The molecule has 1 atom stereocenters. The molecular weight excluding hydrogens is 391 g/mol. The zero-order valence-corrected chi connectivity index (χ0v) is 17.5. The van der Waals surface area contributed by atoms with Gasteiger partial charge >= 0.3 is 0 Å². The Labute approximate surface area is 180 Å². The highest BCUT2D eigenvalue weighted by atomic mass is 19.1. The van der Waals surface area contributed by atoms with Gasteiger partial charge in [0.25, 0.3) is 0 Å². The number of anilines is 2. The average molecular weight is 417 g/mol. The first-order valence-electron chi connectivity index (χ1n) is 10.6. The van der Waals surface area contributed by atoms with Crippen molar-refractivity contribution in [2.75, 3.05) is 18.4 Å². The van der Waals surface area contributed by atoms with E-state index in [4.69, 9.17) is 4.98 Å².